The fourth-order valence-electron chi connectivity index (χ4n) is 3.24. The SMILES string of the molecule is CCS(=O)(=O)Cc1cc(-c2cc(OC)c(=O)n(C)c2)c2sc(C3CC3)nc2c1. The van der Waals surface area contributed by atoms with Gasteiger partial charge in [-0.05, 0) is 36.6 Å². The molecule has 0 saturated heterocycles. The summed E-state index contributed by atoms with van der Waals surface area (Å²) in [6.45, 7) is 1.65. The molecule has 2 heterocycles. The molecule has 0 amide bonds. The minimum Gasteiger partial charge on any atom is -0.491 e. The van der Waals surface area contributed by atoms with E-state index in [0.29, 0.717) is 11.5 Å². The zero-order valence-corrected chi connectivity index (χ0v) is 17.7. The molecule has 0 atom stereocenters. The fourth-order valence-corrected chi connectivity index (χ4v) is 5.37. The zero-order chi connectivity index (χ0) is 20.1. The van der Waals surface area contributed by atoms with Crippen LogP contribution in [0.5, 0.6) is 5.75 Å². The van der Waals surface area contributed by atoms with E-state index < -0.39 is 9.84 Å². The van der Waals surface area contributed by atoms with E-state index in [0.717, 1.165) is 39.2 Å². The first-order valence-corrected chi connectivity index (χ1v) is 11.8. The highest BCUT2D eigenvalue weighted by atomic mass is 32.2. The Morgan fingerprint density at radius 3 is 2.68 bits per heavy atom. The van der Waals surface area contributed by atoms with E-state index in [9.17, 15) is 13.2 Å². The van der Waals surface area contributed by atoms with Gasteiger partial charge in [0.2, 0.25) is 0 Å². The summed E-state index contributed by atoms with van der Waals surface area (Å²) in [6, 6.07) is 5.50. The van der Waals surface area contributed by atoms with E-state index in [1.165, 1.54) is 11.7 Å². The molecule has 3 aromatic rings. The summed E-state index contributed by atoms with van der Waals surface area (Å²) in [5.74, 6) is 0.846. The van der Waals surface area contributed by atoms with E-state index in [2.05, 4.69) is 0 Å². The molecule has 6 nitrogen and oxygen atoms in total. The van der Waals surface area contributed by atoms with Crippen LogP contribution < -0.4 is 10.3 Å². The van der Waals surface area contributed by atoms with Gasteiger partial charge in [-0.1, -0.05) is 6.92 Å². The second-order valence-electron chi connectivity index (χ2n) is 7.21. The topological polar surface area (TPSA) is 78.3 Å². The monoisotopic (exact) mass is 418 g/mol. The summed E-state index contributed by atoms with van der Waals surface area (Å²) < 4.78 is 32.1. The molecule has 1 aromatic carbocycles. The van der Waals surface area contributed by atoms with Gasteiger partial charge in [-0.2, -0.15) is 0 Å². The minimum absolute atomic E-state index is 0.0222. The van der Waals surface area contributed by atoms with Crippen molar-refractivity contribution in [2.24, 2.45) is 7.05 Å². The summed E-state index contributed by atoms with van der Waals surface area (Å²) in [5.41, 5.74) is 3.02. The normalized spacial score (nSPS) is 14.5. The predicted molar refractivity (Wildman–Crippen MR) is 112 cm³/mol. The van der Waals surface area contributed by atoms with Crippen LogP contribution >= 0.6 is 11.3 Å². The van der Waals surface area contributed by atoms with Gasteiger partial charge in [0.1, 0.15) is 0 Å². The highest BCUT2D eigenvalue weighted by molar-refractivity contribution is 7.90. The van der Waals surface area contributed by atoms with Gasteiger partial charge in [0.25, 0.3) is 5.56 Å². The number of fused-ring (bicyclic) bond motifs is 1. The summed E-state index contributed by atoms with van der Waals surface area (Å²) >= 11 is 1.66. The lowest BCUT2D eigenvalue weighted by molar-refractivity contribution is 0.405. The van der Waals surface area contributed by atoms with Crippen molar-refractivity contribution >= 4 is 31.4 Å². The predicted octanol–water partition coefficient (Wildman–Crippen LogP) is 3.48. The summed E-state index contributed by atoms with van der Waals surface area (Å²) in [5, 5.41) is 1.10. The Hall–Kier alpha value is -2.19. The molecule has 0 unspecified atom stereocenters. The van der Waals surface area contributed by atoms with Gasteiger partial charge in [0, 0.05) is 36.0 Å². The molecule has 0 aliphatic heterocycles. The number of benzene rings is 1. The van der Waals surface area contributed by atoms with E-state index in [1.54, 1.807) is 37.6 Å². The second-order valence-corrected chi connectivity index (χ2v) is 10.6. The van der Waals surface area contributed by atoms with Crippen molar-refractivity contribution in [3.63, 3.8) is 0 Å². The largest absolute Gasteiger partial charge is 0.491 e. The molecule has 0 bridgehead atoms. The van der Waals surface area contributed by atoms with E-state index >= 15 is 0 Å². The standard InChI is InChI=1S/C20H22N2O4S2/c1-4-28(24,25)11-12-7-15(14-9-17(26-3)20(23)22(2)10-14)18-16(8-12)21-19(27-18)13-5-6-13/h7-10,13H,4-6,11H2,1-3H3. The van der Waals surface area contributed by atoms with Crippen LogP contribution in [0, 0.1) is 0 Å². The number of rotatable bonds is 6. The van der Waals surface area contributed by atoms with Crippen LogP contribution in [0.15, 0.2) is 29.2 Å². The van der Waals surface area contributed by atoms with Gasteiger partial charge >= 0.3 is 0 Å². The Balaban J connectivity index is 1.95. The van der Waals surface area contributed by atoms with E-state index in [4.69, 9.17) is 9.72 Å². The average molecular weight is 419 g/mol. The quantitative estimate of drug-likeness (QED) is 0.612. The first-order valence-electron chi connectivity index (χ1n) is 9.20. The average Bonchev–Trinajstić information content (AvgIpc) is 3.42. The van der Waals surface area contributed by atoms with Crippen LogP contribution in [0.4, 0.5) is 0 Å². The minimum atomic E-state index is -3.17. The third-order valence-corrected chi connectivity index (χ3v) is 7.92. The molecule has 28 heavy (non-hydrogen) atoms. The lowest BCUT2D eigenvalue weighted by Gasteiger charge is -2.11. The second kappa shape index (κ2) is 7.00. The molecule has 0 radical (unpaired) electrons. The number of aromatic nitrogens is 2. The first-order chi connectivity index (χ1) is 13.3. The van der Waals surface area contributed by atoms with Crippen molar-refractivity contribution in [3.8, 4) is 16.9 Å². The van der Waals surface area contributed by atoms with Crippen molar-refractivity contribution in [1.82, 2.24) is 9.55 Å². The first kappa shape index (κ1) is 19.1. The maximum Gasteiger partial charge on any atom is 0.292 e. The molecule has 8 heteroatoms. The van der Waals surface area contributed by atoms with Crippen LogP contribution in [0.3, 0.4) is 0 Å². The molecule has 2 aromatic heterocycles. The van der Waals surface area contributed by atoms with Crippen LogP contribution in [-0.2, 0) is 22.6 Å². The Morgan fingerprint density at radius 2 is 2.04 bits per heavy atom. The number of nitrogens with zero attached hydrogens (tertiary/aromatic N) is 2. The van der Waals surface area contributed by atoms with Crippen LogP contribution in [0.1, 0.15) is 36.3 Å². The molecule has 1 aliphatic carbocycles. The lowest BCUT2D eigenvalue weighted by Crippen LogP contribution is -2.17. The van der Waals surface area contributed by atoms with Gasteiger partial charge in [0.15, 0.2) is 15.6 Å². The lowest BCUT2D eigenvalue weighted by atomic mass is 10.0. The van der Waals surface area contributed by atoms with Crippen molar-refractivity contribution in [2.45, 2.75) is 31.4 Å². The van der Waals surface area contributed by atoms with Gasteiger partial charge in [-0.3, -0.25) is 4.79 Å². The molecule has 0 spiro atoms. The number of ether oxygens (including phenoxy) is 1. The summed E-state index contributed by atoms with van der Waals surface area (Å²) in [7, 11) is -0.0190. The smallest absolute Gasteiger partial charge is 0.292 e. The number of thiazole rings is 1. The van der Waals surface area contributed by atoms with Crippen molar-refractivity contribution in [3.05, 3.63) is 45.3 Å². The fraction of sp³-hybridized carbons (Fsp3) is 0.400. The Bertz CT molecular complexity index is 1220. The number of methoxy groups -OCH3 is 1. The summed E-state index contributed by atoms with van der Waals surface area (Å²) in [4.78, 5) is 17.0. The molecule has 4 rings (SSSR count). The number of aryl methyl sites for hydroxylation is 1. The van der Waals surface area contributed by atoms with Crippen molar-refractivity contribution < 1.29 is 13.2 Å². The van der Waals surface area contributed by atoms with Crippen LogP contribution in [-0.4, -0.2) is 30.8 Å². The van der Waals surface area contributed by atoms with Gasteiger partial charge in [-0.25, -0.2) is 13.4 Å². The molecule has 1 fully saturated rings. The van der Waals surface area contributed by atoms with E-state index in [1.807, 2.05) is 12.1 Å². The van der Waals surface area contributed by atoms with Gasteiger partial charge < -0.3 is 9.30 Å². The Kier molecular flexibility index (Phi) is 4.79. The Morgan fingerprint density at radius 1 is 1.29 bits per heavy atom. The number of sulfone groups is 1. The third kappa shape index (κ3) is 3.58. The number of pyridine rings is 1. The zero-order valence-electron chi connectivity index (χ0n) is 16.1. The van der Waals surface area contributed by atoms with Crippen LogP contribution in [0.2, 0.25) is 0 Å². The summed E-state index contributed by atoms with van der Waals surface area (Å²) in [6.07, 6.45) is 4.06. The molecular weight excluding hydrogens is 396 g/mol. The third-order valence-electron chi connectivity index (χ3n) is 5.00. The number of hydrogen-bond donors (Lipinski definition) is 0. The molecular formula is C20H22N2O4S2. The van der Waals surface area contributed by atoms with Crippen LogP contribution in [0.25, 0.3) is 21.3 Å². The molecule has 1 saturated carbocycles. The van der Waals surface area contributed by atoms with Gasteiger partial charge in [-0.15, -0.1) is 11.3 Å². The van der Waals surface area contributed by atoms with Crippen molar-refractivity contribution in [1.29, 1.82) is 0 Å². The number of hydrogen-bond acceptors (Lipinski definition) is 6. The van der Waals surface area contributed by atoms with Gasteiger partial charge in [0.05, 0.1) is 28.1 Å². The van der Waals surface area contributed by atoms with E-state index in [-0.39, 0.29) is 22.8 Å². The van der Waals surface area contributed by atoms with Crippen molar-refractivity contribution in [2.75, 3.05) is 12.9 Å². The highest BCUT2D eigenvalue weighted by Gasteiger charge is 2.28. The molecule has 0 N–H and O–H groups in total. The molecule has 148 valence electrons. The highest BCUT2D eigenvalue weighted by Crippen LogP contribution is 2.45. The molecule has 1 aliphatic rings. The Labute approximate surface area is 167 Å². The maximum absolute atomic E-state index is 12.2. The maximum atomic E-state index is 12.2.